The van der Waals surface area contributed by atoms with Crippen LogP contribution in [0.3, 0.4) is 0 Å². The minimum atomic E-state index is -0.983. The van der Waals surface area contributed by atoms with Crippen LogP contribution in [0.1, 0.15) is 0 Å². The average molecular weight is 166 g/mol. The van der Waals surface area contributed by atoms with Gasteiger partial charge < -0.3 is 14.9 Å². The molecule has 0 aromatic heterocycles. The number of hydrogen-bond acceptors (Lipinski definition) is 5. The Hall–Kier alpha value is -0.260. The van der Waals surface area contributed by atoms with Crippen molar-refractivity contribution >= 4 is 18.6 Å². The lowest BCUT2D eigenvalue weighted by Crippen LogP contribution is -2.22. The molecule has 0 bridgehead atoms. The van der Waals surface area contributed by atoms with E-state index in [1.807, 2.05) is 0 Å². The van der Waals surface area contributed by atoms with Crippen molar-refractivity contribution in [3.63, 3.8) is 0 Å². The van der Waals surface area contributed by atoms with E-state index in [0.29, 0.717) is 0 Å². The van der Waals surface area contributed by atoms with E-state index in [0.717, 1.165) is 0 Å². The second-order valence-corrected chi connectivity index (χ2v) is 1.99. The van der Waals surface area contributed by atoms with E-state index in [4.69, 9.17) is 10.2 Å². The van der Waals surface area contributed by atoms with Gasteiger partial charge in [0.2, 0.25) is 0 Å². The van der Waals surface area contributed by atoms with E-state index in [1.54, 1.807) is 0 Å². The van der Waals surface area contributed by atoms with Gasteiger partial charge in [-0.15, -0.1) is 0 Å². The first-order valence-electron chi connectivity index (χ1n) is 2.76. The molecule has 0 rings (SSSR count). The summed E-state index contributed by atoms with van der Waals surface area (Å²) in [7, 11) is 0. The first-order chi connectivity index (χ1) is 4.70. The Balaban J connectivity index is 3.26. The van der Waals surface area contributed by atoms with Crippen LogP contribution in [0.25, 0.3) is 0 Å². The van der Waals surface area contributed by atoms with E-state index in [1.165, 1.54) is 0 Å². The molecule has 0 aliphatic heterocycles. The molecule has 0 aliphatic rings. The third kappa shape index (κ3) is 4.60. The molecule has 10 heavy (non-hydrogen) atoms. The molecule has 1 atom stereocenters. The van der Waals surface area contributed by atoms with Crippen molar-refractivity contribution in [2.75, 3.05) is 19.0 Å². The van der Waals surface area contributed by atoms with Gasteiger partial charge in [0.05, 0.1) is 12.4 Å². The highest BCUT2D eigenvalue weighted by molar-refractivity contribution is 7.81. The number of carbonyl (C=O) groups excluding carboxylic acids is 1. The van der Waals surface area contributed by atoms with Gasteiger partial charge in [-0.05, 0) is 0 Å². The van der Waals surface area contributed by atoms with Crippen molar-refractivity contribution in [2.24, 2.45) is 0 Å². The molecule has 0 aliphatic carbocycles. The fraction of sp³-hybridized carbons (Fsp3) is 0.800. The Morgan fingerprint density at radius 1 is 1.70 bits per heavy atom. The van der Waals surface area contributed by atoms with Crippen LogP contribution in [0.5, 0.6) is 0 Å². The summed E-state index contributed by atoms with van der Waals surface area (Å²) in [5.41, 5.74) is 0. The minimum Gasteiger partial charge on any atom is -0.462 e. The zero-order valence-corrected chi connectivity index (χ0v) is 6.25. The molecule has 0 radical (unpaired) electrons. The molecule has 2 N–H and O–H groups in total. The lowest BCUT2D eigenvalue weighted by Gasteiger charge is -2.06. The standard InChI is InChI=1S/C5H10O4S/c6-1-4(7)2-9-5(8)3-10/h4,6-7,10H,1-3H2/t4-/m0/s1. The molecule has 0 unspecified atom stereocenters. The number of esters is 1. The van der Waals surface area contributed by atoms with Gasteiger partial charge in [0.25, 0.3) is 0 Å². The predicted octanol–water partition coefficient (Wildman–Crippen LogP) is -1.19. The molecule has 0 amide bonds. The van der Waals surface area contributed by atoms with Gasteiger partial charge in [0, 0.05) is 0 Å². The summed E-state index contributed by atoms with van der Waals surface area (Å²) in [6.07, 6.45) is -0.983. The monoisotopic (exact) mass is 166 g/mol. The van der Waals surface area contributed by atoms with Crippen molar-refractivity contribution < 1.29 is 19.7 Å². The summed E-state index contributed by atoms with van der Waals surface area (Å²) in [4.78, 5) is 10.3. The molecule has 0 aromatic carbocycles. The molecule has 0 aromatic rings. The zero-order valence-electron chi connectivity index (χ0n) is 5.36. The van der Waals surface area contributed by atoms with Crippen LogP contribution in [0, 0.1) is 0 Å². The summed E-state index contributed by atoms with van der Waals surface area (Å²) >= 11 is 3.63. The maximum Gasteiger partial charge on any atom is 0.315 e. The minimum absolute atomic E-state index is 0.0157. The summed E-state index contributed by atoms with van der Waals surface area (Å²) < 4.78 is 4.42. The molecule has 60 valence electrons. The Morgan fingerprint density at radius 2 is 2.30 bits per heavy atom. The van der Waals surface area contributed by atoms with Gasteiger partial charge in [-0.25, -0.2) is 0 Å². The second kappa shape index (κ2) is 5.52. The van der Waals surface area contributed by atoms with E-state index < -0.39 is 18.7 Å². The quantitative estimate of drug-likeness (QED) is 0.363. The van der Waals surface area contributed by atoms with Crippen LogP contribution in [-0.4, -0.2) is 41.3 Å². The largest absolute Gasteiger partial charge is 0.462 e. The molecule has 0 saturated heterocycles. The van der Waals surface area contributed by atoms with Crippen LogP contribution in [0.2, 0.25) is 0 Å². The fourth-order valence-corrected chi connectivity index (χ4v) is 0.379. The van der Waals surface area contributed by atoms with Crippen molar-refractivity contribution in [3.8, 4) is 0 Å². The van der Waals surface area contributed by atoms with Crippen LogP contribution < -0.4 is 0 Å². The Morgan fingerprint density at radius 3 is 2.70 bits per heavy atom. The first kappa shape index (κ1) is 9.74. The van der Waals surface area contributed by atoms with Crippen LogP contribution >= 0.6 is 12.6 Å². The number of aliphatic hydroxyl groups excluding tert-OH is 2. The van der Waals surface area contributed by atoms with E-state index in [9.17, 15) is 4.79 Å². The van der Waals surface area contributed by atoms with Gasteiger partial charge in [0.15, 0.2) is 0 Å². The highest BCUT2D eigenvalue weighted by Crippen LogP contribution is 1.86. The zero-order chi connectivity index (χ0) is 7.98. The molecule has 0 saturated carbocycles. The van der Waals surface area contributed by atoms with Gasteiger partial charge in [-0.2, -0.15) is 12.6 Å². The SMILES string of the molecule is O=C(CS)OC[C@@H](O)CO. The highest BCUT2D eigenvalue weighted by Gasteiger charge is 2.04. The van der Waals surface area contributed by atoms with E-state index >= 15 is 0 Å². The number of aliphatic hydroxyl groups is 2. The summed E-state index contributed by atoms with van der Waals surface area (Å²) in [6, 6.07) is 0. The second-order valence-electron chi connectivity index (χ2n) is 1.68. The van der Waals surface area contributed by atoms with Crippen molar-refractivity contribution in [2.45, 2.75) is 6.10 Å². The molecular formula is C5H10O4S. The molecule has 0 fully saturated rings. The number of rotatable bonds is 4. The Bertz CT molecular complexity index is 106. The summed E-state index contributed by atoms with van der Waals surface area (Å²) in [6.45, 7) is -0.574. The number of ether oxygens (including phenoxy) is 1. The van der Waals surface area contributed by atoms with E-state index in [2.05, 4.69) is 17.4 Å². The third-order valence-corrected chi connectivity index (χ3v) is 1.03. The van der Waals surface area contributed by atoms with Gasteiger partial charge in [-0.1, -0.05) is 0 Å². The molecule has 0 heterocycles. The van der Waals surface area contributed by atoms with Crippen molar-refractivity contribution in [3.05, 3.63) is 0 Å². The maximum absolute atomic E-state index is 10.3. The average Bonchev–Trinajstić information content (AvgIpc) is 1.99. The smallest absolute Gasteiger partial charge is 0.315 e. The van der Waals surface area contributed by atoms with Gasteiger partial charge >= 0.3 is 5.97 Å². The van der Waals surface area contributed by atoms with Crippen molar-refractivity contribution in [1.29, 1.82) is 0 Å². The highest BCUT2D eigenvalue weighted by atomic mass is 32.1. The molecular weight excluding hydrogens is 156 g/mol. The van der Waals surface area contributed by atoms with Crippen molar-refractivity contribution in [1.82, 2.24) is 0 Å². The Kier molecular flexibility index (Phi) is 5.38. The number of thiol groups is 1. The third-order valence-electron chi connectivity index (χ3n) is 0.777. The Labute approximate surface area is 64.2 Å². The van der Waals surface area contributed by atoms with Crippen LogP contribution in [0.4, 0.5) is 0 Å². The molecule has 5 heteroatoms. The van der Waals surface area contributed by atoms with E-state index in [-0.39, 0.29) is 12.4 Å². The number of hydrogen-bond donors (Lipinski definition) is 3. The maximum atomic E-state index is 10.3. The molecule has 4 nitrogen and oxygen atoms in total. The number of carbonyl (C=O) groups is 1. The normalized spacial score (nSPS) is 12.7. The lowest BCUT2D eigenvalue weighted by molar-refractivity contribution is -0.144. The van der Waals surface area contributed by atoms with Gasteiger partial charge in [0.1, 0.15) is 12.7 Å². The fourth-order valence-electron chi connectivity index (χ4n) is 0.287. The first-order valence-corrected chi connectivity index (χ1v) is 3.39. The van der Waals surface area contributed by atoms with Crippen LogP contribution in [-0.2, 0) is 9.53 Å². The van der Waals surface area contributed by atoms with Crippen LogP contribution in [0.15, 0.2) is 0 Å². The van der Waals surface area contributed by atoms with Gasteiger partial charge in [-0.3, -0.25) is 4.79 Å². The lowest BCUT2D eigenvalue weighted by atomic mass is 10.4. The predicted molar refractivity (Wildman–Crippen MR) is 37.9 cm³/mol. The summed E-state index contributed by atoms with van der Waals surface area (Å²) in [5, 5.41) is 16.9. The molecule has 0 spiro atoms. The topological polar surface area (TPSA) is 66.8 Å². The summed E-state index contributed by atoms with van der Waals surface area (Å²) in [5.74, 6) is -0.520.